The van der Waals surface area contributed by atoms with Crippen LogP contribution in [0.3, 0.4) is 0 Å². The maximum absolute atomic E-state index is 11.0. The average molecular weight is 173 g/mol. The van der Waals surface area contributed by atoms with Crippen LogP contribution in [0.4, 0.5) is 0 Å². The van der Waals surface area contributed by atoms with E-state index in [1.807, 2.05) is 13.8 Å². The highest BCUT2D eigenvalue weighted by Gasteiger charge is 2.10. The van der Waals surface area contributed by atoms with Crippen molar-refractivity contribution in [3.8, 4) is 0 Å². The molecule has 70 valence electrons. The molecule has 0 fully saturated rings. The Morgan fingerprint density at radius 3 is 2.33 bits per heavy atom. The molecule has 0 amide bonds. The van der Waals surface area contributed by atoms with E-state index in [1.54, 1.807) is 6.92 Å². The number of rotatable bonds is 5. The Labute approximate surface area is 72.5 Å². The van der Waals surface area contributed by atoms with E-state index in [0.29, 0.717) is 25.3 Å². The van der Waals surface area contributed by atoms with Crippen molar-refractivity contribution in [2.75, 3.05) is 13.2 Å². The third-order valence-electron chi connectivity index (χ3n) is 1.15. The maximum atomic E-state index is 11.0. The number of ether oxygens (including phenoxy) is 1. The summed E-state index contributed by atoms with van der Waals surface area (Å²) in [5.41, 5.74) is 0.332. The molecule has 0 atom stereocenters. The quantitative estimate of drug-likeness (QED) is 0.358. The predicted octanol–water partition coefficient (Wildman–Crippen LogP) is 1.35. The first-order chi connectivity index (χ1) is 5.76. The molecule has 0 aliphatic carbocycles. The van der Waals surface area contributed by atoms with Crippen molar-refractivity contribution in [2.45, 2.75) is 27.2 Å². The van der Waals surface area contributed by atoms with Crippen LogP contribution in [0.2, 0.25) is 0 Å². The Hall–Kier alpha value is -1.06. The second-order valence-electron chi connectivity index (χ2n) is 2.03. The SMILES string of the molecule is CCO/N=C(/CC)C(=O)OCC. The zero-order chi connectivity index (χ0) is 9.40. The van der Waals surface area contributed by atoms with E-state index in [9.17, 15) is 4.79 Å². The van der Waals surface area contributed by atoms with Crippen molar-refractivity contribution in [3.63, 3.8) is 0 Å². The summed E-state index contributed by atoms with van der Waals surface area (Å²) >= 11 is 0. The summed E-state index contributed by atoms with van der Waals surface area (Å²) in [4.78, 5) is 15.8. The molecule has 0 unspecified atom stereocenters. The van der Waals surface area contributed by atoms with Gasteiger partial charge in [0.05, 0.1) is 6.61 Å². The summed E-state index contributed by atoms with van der Waals surface area (Å²) in [7, 11) is 0. The van der Waals surface area contributed by atoms with E-state index in [0.717, 1.165) is 0 Å². The smallest absolute Gasteiger partial charge is 0.356 e. The zero-order valence-electron chi connectivity index (χ0n) is 7.79. The second kappa shape index (κ2) is 6.64. The Balaban J connectivity index is 4.04. The summed E-state index contributed by atoms with van der Waals surface area (Å²) in [6.07, 6.45) is 0.527. The van der Waals surface area contributed by atoms with Crippen molar-refractivity contribution >= 4 is 11.7 Å². The van der Waals surface area contributed by atoms with Crippen LogP contribution in [0.15, 0.2) is 5.16 Å². The maximum Gasteiger partial charge on any atom is 0.356 e. The van der Waals surface area contributed by atoms with Gasteiger partial charge in [-0.2, -0.15) is 0 Å². The fraction of sp³-hybridized carbons (Fsp3) is 0.750. The van der Waals surface area contributed by atoms with Crippen molar-refractivity contribution in [1.82, 2.24) is 0 Å². The van der Waals surface area contributed by atoms with Gasteiger partial charge in [0.2, 0.25) is 0 Å². The van der Waals surface area contributed by atoms with Crippen LogP contribution in [0.5, 0.6) is 0 Å². The minimum Gasteiger partial charge on any atom is -0.461 e. The molecule has 0 bridgehead atoms. The Bertz CT molecular complexity index is 166. The molecule has 0 aliphatic rings. The molecule has 0 spiro atoms. The highest BCUT2D eigenvalue weighted by molar-refractivity contribution is 6.36. The topological polar surface area (TPSA) is 47.9 Å². The molecule has 4 heteroatoms. The summed E-state index contributed by atoms with van der Waals surface area (Å²) < 4.78 is 4.74. The van der Waals surface area contributed by atoms with Gasteiger partial charge < -0.3 is 9.57 Å². The van der Waals surface area contributed by atoms with Gasteiger partial charge in [0.1, 0.15) is 6.61 Å². The Morgan fingerprint density at radius 1 is 1.25 bits per heavy atom. The van der Waals surface area contributed by atoms with Gasteiger partial charge in [-0.25, -0.2) is 4.79 Å². The van der Waals surface area contributed by atoms with E-state index in [1.165, 1.54) is 0 Å². The normalized spacial score (nSPS) is 11.1. The van der Waals surface area contributed by atoms with Crippen molar-refractivity contribution in [2.24, 2.45) is 5.16 Å². The largest absolute Gasteiger partial charge is 0.461 e. The molecule has 0 aromatic carbocycles. The van der Waals surface area contributed by atoms with Gasteiger partial charge in [-0.3, -0.25) is 0 Å². The van der Waals surface area contributed by atoms with E-state index < -0.39 is 5.97 Å². The van der Waals surface area contributed by atoms with Gasteiger partial charge >= 0.3 is 5.97 Å². The number of carbonyl (C=O) groups excluding carboxylic acids is 1. The first kappa shape index (κ1) is 10.9. The summed E-state index contributed by atoms with van der Waals surface area (Å²) in [5, 5.41) is 3.62. The Morgan fingerprint density at radius 2 is 1.92 bits per heavy atom. The minimum atomic E-state index is -0.395. The molecule has 0 saturated carbocycles. The van der Waals surface area contributed by atoms with Gasteiger partial charge in [0, 0.05) is 0 Å². The van der Waals surface area contributed by atoms with E-state index in [4.69, 9.17) is 9.57 Å². The van der Waals surface area contributed by atoms with Crippen LogP contribution < -0.4 is 0 Å². The first-order valence-electron chi connectivity index (χ1n) is 4.12. The van der Waals surface area contributed by atoms with Crippen LogP contribution >= 0.6 is 0 Å². The van der Waals surface area contributed by atoms with Crippen LogP contribution in [0.25, 0.3) is 0 Å². The van der Waals surface area contributed by atoms with Crippen molar-refractivity contribution < 1.29 is 14.4 Å². The molecule has 4 nitrogen and oxygen atoms in total. The molecular formula is C8H15NO3. The summed E-state index contributed by atoms with van der Waals surface area (Å²) in [5.74, 6) is -0.395. The minimum absolute atomic E-state index is 0.332. The highest BCUT2D eigenvalue weighted by Crippen LogP contribution is 1.92. The lowest BCUT2D eigenvalue weighted by atomic mass is 10.3. The first-order valence-corrected chi connectivity index (χ1v) is 4.12. The number of hydrogen-bond donors (Lipinski definition) is 0. The fourth-order valence-electron chi connectivity index (χ4n) is 0.603. The standard InChI is InChI=1S/C8H15NO3/c1-4-7(9-12-6-3)8(10)11-5-2/h4-6H2,1-3H3/b9-7-. The molecule has 0 aromatic heterocycles. The molecule has 0 N–H and O–H groups in total. The molecule has 0 radical (unpaired) electrons. The number of hydrogen-bond acceptors (Lipinski definition) is 4. The molecule has 0 rings (SSSR count). The molecule has 0 heterocycles. The van der Waals surface area contributed by atoms with Crippen molar-refractivity contribution in [3.05, 3.63) is 0 Å². The lowest BCUT2D eigenvalue weighted by Crippen LogP contribution is -2.17. The third kappa shape index (κ3) is 3.95. The highest BCUT2D eigenvalue weighted by atomic mass is 16.6. The molecular weight excluding hydrogens is 158 g/mol. The van der Waals surface area contributed by atoms with E-state index >= 15 is 0 Å². The van der Waals surface area contributed by atoms with Crippen molar-refractivity contribution in [1.29, 1.82) is 0 Å². The second-order valence-corrected chi connectivity index (χ2v) is 2.03. The van der Waals surface area contributed by atoms with Gasteiger partial charge in [-0.05, 0) is 20.3 Å². The van der Waals surface area contributed by atoms with Crippen LogP contribution in [0.1, 0.15) is 27.2 Å². The van der Waals surface area contributed by atoms with E-state index in [-0.39, 0.29) is 0 Å². The van der Waals surface area contributed by atoms with E-state index in [2.05, 4.69) is 5.16 Å². The summed E-state index contributed by atoms with van der Waals surface area (Å²) in [6, 6.07) is 0. The van der Waals surface area contributed by atoms with Gasteiger partial charge in [0.15, 0.2) is 5.71 Å². The van der Waals surface area contributed by atoms with Crippen LogP contribution in [-0.4, -0.2) is 24.9 Å². The lowest BCUT2D eigenvalue weighted by Gasteiger charge is -2.02. The van der Waals surface area contributed by atoms with Gasteiger partial charge in [-0.1, -0.05) is 12.1 Å². The predicted molar refractivity (Wildman–Crippen MR) is 46.0 cm³/mol. The molecule has 12 heavy (non-hydrogen) atoms. The third-order valence-corrected chi connectivity index (χ3v) is 1.15. The molecule has 0 aromatic rings. The number of oxime groups is 1. The number of carbonyl (C=O) groups is 1. The van der Waals surface area contributed by atoms with Crippen LogP contribution in [-0.2, 0) is 14.4 Å². The number of esters is 1. The molecule has 0 aliphatic heterocycles. The zero-order valence-corrected chi connectivity index (χ0v) is 7.79. The lowest BCUT2D eigenvalue weighted by molar-refractivity contribution is -0.135. The Kier molecular flexibility index (Phi) is 6.05. The van der Waals surface area contributed by atoms with Gasteiger partial charge in [-0.15, -0.1) is 0 Å². The number of nitrogens with zero attached hydrogens (tertiary/aromatic N) is 1. The summed E-state index contributed by atoms with van der Waals surface area (Å²) in [6.45, 7) is 6.22. The van der Waals surface area contributed by atoms with Crippen LogP contribution in [0, 0.1) is 0 Å². The fourth-order valence-corrected chi connectivity index (χ4v) is 0.603. The average Bonchev–Trinajstić information content (AvgIpc) is 2.06. The van der Waals surface area contributed by atoms with Gasteiger partial charge in [0.25, 0.3) is 0 Å². The molecule has 0 saturated heterocycles. The monoisotopic (exact) mass is 173 g/mol.